The predicted molar refractivity (Wildman–Crippen MR) is 110 cm³/mol. The van der Waals surface area contributed by atoms with Crippen molar-refractivity contribution < 1.29 is 8.42 Å². The Bertz CT molecular complexity index is 975. The topological polar surface area (TPSA) is 52.0 Å². The normalized spacial score (nSPS) is 11.6. The number of sulfone groups is 1. The Balaban J connectivity index is 1.82. The van der Waals surface area contributed by atoms with E-state index in [1.54, 1.807) is 12.1 Å². The second-order valence-corrected chi connectivity index (χ2v) is 8.95. The molecule has 5 heteroatoms. The van der Waals surface area contributed by atoms with Crippen LogP contribution in [0, 0.1) is 6.92 Å². The van der Waals surface area contributed by atoms with Gasteiger partial charge in [0.05, 0.1) is 22.9 Å². The Morgan fingerprint density at radius 2 is 1.70 bits per heavy atom. The van der Waals surface area contributed by atoms with Crippen LogP contribution in [0.4, 0.5) is 0 Å². The first-order chi connectivity index (χ1) is 13.0. The van der Waals surface area contributed by atoms with Gasteiger partial charge in [0, 0.05) is 11.3 Å². The lowest BCUT2D eigenvalue weighted by Crippen LogP contribution is -2.16. The molecule has 0 bridgehead atoms. The molecule has 3 aromatic rings. The molecule has 4 nitrogen and oxygen atoms in total. The molecule has 0 fully saturated rings. The SMILES string of the molecule is CCCCc1cc(-c2ccccc2)nn1CCS(=O)(=O)c1ccc(C)cc1. The highest BCUT2D eigenvalue weighted by Gasteiger charge is 2.16. The first kappa shape index (κ1) is 19.4. The Hall–Kier alpha value is -2.40. The van der Waals surface area contributed by atoms with Crippen molar-refractivity contribution in [2.75, 3.05) is 5.75 Å². The molecule has 0 N–H and O–H groups in total. The maximum atomic E-state index is 12.7. The molecule has 0 radical (unpaired) electrons. The van der Waals surface area contributed by atoms with Gasteiger partial charge in [0.1, 0.15) is 0 Å². The zero-order valence-electron chi connectivity index (χ0n) is 15.9. The Morgan fingerprint density at radius 3 is 2.37 bits per heavy atom. The summed E-state index contributed by atoms with van der Waals surface area (Å²) in [6.07, 6.45) is 3.05. The summed E-state index contributed by atoms with van der Waals surface area (Å²) in [5.74, 6) is 0.0467. The number of aryl methyl sites for hydroxylation is 3. The van der Waals surface area contributed by atoms with Crippen LogP contribution in [-0.4, -0.2) is 24.0 Å². The van der Waals surface area contributed by atoms with E-state index in [0.29, 0.717) is 11.4 Å². The van der Waals surface area contributed by atoms with Crippen LogP contribution in [0.5, 0.6) is 0 Å². The third-order valence-corrected chi connectivity index (χ3v) is 6.38. The van der Waals surface area contributed by atoms with Crippen LogP contribution in [0.25, 0.3) is 11.3 Å². The van der Waals surface area contributed by atoms with E-state index in [1.165, 1.54) is 0 Å². The van der Waals surface area contributed by atoms with Crippen molar-refractivity contribution in [3.05, 3.63) is 71.9 Å². The van der Waals surface area contributed by atoms with Crippen molar-refractivity contribution in [3.63, 3.8) is 0 Å². The largest absolute Gasteiger partial charge is 0.268 e. The lowest BCUT2D eigenvalue weighted by molar-refractivity contribution is 0.570. The zero-order chi connectivity index (χ0) is 19.3. The van der Waals surface area contributed by atoms with Crippen molar-refractivity contribution in [1.29, 1.82) is 0 Å². The Labute approximate surface area is 161 Å². The number of unbranched alkanes of at least 4 members (excludes halogenated alkanes) is 1. The van der Waals surface area contributed by atoms with Crippen LogP contribution in [0.3, 0.4) is 0 Å². The molecular weight excluding hydrogens is 356 g/mol. The number of rotatable bonds is 8. The average molecular weight is 383 g/mol. The van der Waals surface area contributed by atoms with Crippen molar-refractivity contribution in [2.24, 2.45) is 0 Å². The molecule has 0 saturated heterocycles. The molecule has 0 saturated carbocycles. The molecule has 1 aromatic heterocycles. The van der Waals surface area contributed by atoms with Gasteiger partial charge in [-0.1, -0.05) is 61.4 Å². The first-order valence-electron chi connectivity index (χ1n) is 9.41. The fourth-order valence-corrected chi connectivity index (χ4v) is 4.23. The minimum atomic E-state index is -3.33. The number of hydrogen-bond acceptors (Lipinski definition) is 3. The number of hydrogen-bond donors (Lipinski definition) is 0. The van der Waals surface area contributed by atoms with Gasteiger partial charge in [-0.3, -0.25) is 4.68 Å². The second kappa shape index (κ2) is 8.53. The third kappa shape index (κ3) is 4.86. The lowest BCUT2D eigenvalue weighted by Gasteiger charge is -2.08. The number of benzene rings is 2. The van der Waals surface area contributed by atoms with E-state index in [9.17, 15) is 8.42 Å². The number of aromatic nitrogens is 2. The molecule has 0 unspecified atom stereocenters. The molecule has 0 spiro atoms. The monoisotopic (exact) mass is 382 g/mol. The van der Waals surface area contributed by atoms with Crippen molar-refractivity contribution >= 4 is 9.84 Å². The summed E-state index contributed by atoms with van der Waals surface area (Å²) >= 11 is 0. The molecule has 0 amide bonds. The quantitative estimate of drug-likeness (QED) is 0.569. The highest BCUT2D eigenvalue weighted by atomic mass is 32.2. The molecule has 0 aliphatic rings. The van der Waals surface area contributed by atoms with Gasteiger partial charge < -0.3 is 0 Å². The molecule has 1 heterocycles. The summed E-state index contributed by atoms with van der Waals surface area (Å²) in [5, 5.41) is 4.70. The molecule has 2 aromatic carbocycles. The number of nitrogens with zero attached hydrogens (tertiary/aromatic N) is 2. The van der Waals surface area contributed by atoms with Gasteiger partial charge in [0.15, 0.2) is 9.84 Å². The minimum absolute atomic E-state index is 0.0467. The summed E-state index contributed by atoms with van der Waals surface area (Å²) in [4.78, 5) is 0.374. The summed E-state index contributed by atoms with van der Waals surface area (Å²) in [7, 11) is -3.33. The molecule has 142 valence electrons. The summed E-state index contributed by atoms with van der Waals surface area (Å²) < 4.78 is 27.2. The van der Waals surface area contributed by atoms with Crippen molar-refractivity contribution in [3.8, 4) is 11.3 Å². The second-order valence-electron chi connectivity index (χ2n) is 6.85. The average Bonchev–Trinajstić information content (AvgIpc) is 3.09. The fraction of sp³-hybridized carbons (Fsp3) is 0.318. The van der Waals surface area contributed by atoms with Gasteiger partial charge in [-0.25, -0.2) is 8.42 Å². The van der Waals surface area contributed by atoms with E-state index in [0.717, 1.165) is 41.8 Å². The van der Waals surface area contributed by atoms with E-state index in [-0.39, 0.29) is 5.75 Å². The van der Waals surface area contributed by atoms with Crippen LogP contribution in [-0.2, 0) is 22.8 Å². The van der Waals surface area contributed by atoms with Gasteiger partial charge in [-0.05, 0) is 38.0 Å². The lowest BCUT2D eigenvalue weighted by atomic mass is 10.1. The minimum Gasteiger partial charge on any atom is -0.268 e. The summed E-state index contributed by atoms with van der Waals surface area (Å²) in [5.41, 5.74) is 4.09. The van der Waals surface area contributed by atoms with Crippen molar-refractivity contribution in [2.45, 2.75) is 44.6 Å². The molecule has 0 aliphatic heterocycles. The zero-order valence-corrected chi connectivity index (χ0v) is 16.7. The standard InChI is InChI=1S/C22H26N2O2S/c1-3-4-10-20-17-22(19-8-6-5-7-9-19)23-24(20)15-16-27(25,26)21-13-11-18(2)12-14-21/h5-9,11-14,17H,3-4,10,15-16H2,1-2H3. The molecule has 0 aliphatic carbocycles. The van der Waals surface area contributed by atoms with Crippen LogP contribution in [0.2, 0.25) is 0 Å². The highest BCUT2D eigenvalue weighted by molar-refractivity contribution is 7.91. The van der Waals surface area contributed by atoms with Crippen molar-refractivity contribution in [1.82, 2.24) is 9.78 Å². The Kier molecular flexibility index (Phi) is 6.11. The van der Waals surface area contributed by atoms with Gasteiger partial charge in [-0.2, -0.15) is 5.10 Å². The first-order valence-corrected chi connectivity index (χ1v) is 11.1. The van der Waals surface area contributed by atoms with E-state index in [1.807, 2.05) is 54.1 Å². The van der Waals surface area contributed by atoms with Crippen LogP contribution in [0.15, 0.2) is 65.6 Å². The third-order valence-electron chi connectivity index (χ3n) is 4.67. The van der Waals surface area contributed by atoms with E-state index >= 15 is 0 Å². The van der Waals surface area contributed by atoms with Gasteiger partial charge in [-0.15, -0.1) is 0 Å². The summed E-state index contributed by atoms with van der Waals surface area (Å²) in [6.45, 7) is 4.47. The molecule has 3 rings (SSSR count). The van der Waals surface area contributed by atoms with Crippen LogP contribution >= 0.6 is 0 Å². The molecule has 0 atom stereocenters. The predicted octanol–water partition coefficient (Wildman–Crippen LogP) is 4.68. The maximum absolute atomic E-state index is 12.7. The fourth-order valence-electron chi connectivity index (χ4n) is 3.03. The molecular formula is C22H26N2O2S. The summed E-state index contributed by atoms with van der Waals surface area (Å²) in [6, 6.07) is 19.1. The Morgan fingerprint density at radius 1 is 1.00 bits per heavy atom. The van der Waals surface area contributed by atoms with E-state index in [4.69, 9.17) is 5.10 Å². The highest BCUT2D eigenvalue weighted by Crippen LogP contribution is 2.21. The van der Waals surface area contributed by atoms with Gasteiger partial charge >= 0.3 is 0 Å². The smallest absolute Gasteiger partial charge is 0.180 e. The molecule has 27 heavy (non-hydrogen) atoms. The van der Waals surface area contributed by atoms with Crippen LogP contribution in [0.1, 0.15) is 31.0 Å². The maximum Gasteiger partial charge on any atom is 0.180 e. The van der Waals surface area contributed by atoms with Gasteiger partial charge in [0.25, 0.3) is 0 Å². The van der Waals surface area contributed by atoms with Crippen LogP contribution < -0.4 is 0 Å². The van der Waals surface area contributed by atoms with E-state index in [2.05, 4.69) is 13.0 Å². The van der Waals surface area contributed by atoms with E-state index < -0.39 is 9.84 Å². The van der Waals surface area contributed by atoms with Gasteiger partial charge in [0.2, 0.25) is 0 Å².